The van der Waals surface area contributed by atoms with Gasteiger partial charge >= 0.3 is 0 Å². The van der Waals surface area contributed by atoms with Crippen molar-refractivity contribution < 1.29 is 9.59 Å². The van der Waals surface area contributed by atoms with Crippen LogP contribution in [0.25, 0.3) is 0 Å². The van der Waals surface area contributed by atoms with Crippen LogP contribution >= 0.6 is 23.2 Å². The maximum absolute atomic E-state index is 12.3. The third-order valence-corrected chi connectivity index (χ3v) is 3.50. The molecule has 2 amide bonds. The van der Waals surface area contributed by atoms with Gasteiger partial charge in [0.05, 0.1) is 0 Å². The fraction of sp³-hybridized carbons (Fsp3) is 0.417. The Kier molecular flexibility index (Phi) is 5.14. The number of carbonyl (C=O) groups excluding carboxylic acids is 2. The molecule has 1 rings (SSSR count). The fourth-order valence-corrected chi connectivity index (χ4v) is 1.95. The van der Waals surface area contributed by atoms with Gasteiger partial charge in [0.15, 0.2) is 0 Å². The molecule has 0 fully saturated rings. The van der Waals surface area contributed by atoms with Crippen molar-refractivity contribution in [1.29, 1.82) is 0 Å². The molecule has 19 heavy (non-hydrogen) atoms. The van der Waals surface area contributed by atoms with Crippen LogP contribution in [0.15, 0.2) is 6.07 Å². The van der Waals surface area contributed by atoms with E-state index >= 15 is 0 Å². The number of hydrogen-bond donors (Lipinski definition) is 1. The normalized spacial score (nSPS) is 11.9. The summed E-state index contributed by atoms with van der Waals surface area (Å²) in [5.41, 5.74) is 0.871. The summed E-state index contributed by atoms with van der Waals surface area (Å²) in [4.78, 5) is 29.1. The van der Waals surface area contributed by atoms with Gasteiger partial charge in [-0.2, -0.15) is 0 Å². The SMILES string of the molecule is CNC(=O)[C@H](C)N(C)C(=O)c1cc(Cl)nc(Cl)c1C. The second-order valence-electron chi connectivity index (χ2n) is 4.11. The van der Waals surface area contributed by atoms with E-state index in [1.54, 1.807) is 20.9 Å². The lowest BCUT2D eigenvalue weighted by Gasteiger charge is -2.24. The van der Waals surface area contributed by atoms with Crippen molar-refractivity contribution in [1.82, 2.24) is 15.2 Å². The van der Waals surface area contributed by atoms with Crippen LogP contribution < -0.4 is 5.32 Å². The molecule has 5 nitrogen and oxygen atoms in total. The predicted molar refractivity (Wildman–Crippen MR) is 74.6 cm³/mol. The minimum absolute atomic E-state index is 0.139. The molecule has 0 aromatic carbocycles. The van der Waals surface area contributed by atoms with Crippen molar-refractivity contribution in [3.8, 4) is 0 Å². The first-order valence-corrected chi connectivity index (χ1v) is 6.36. The first-order chi connectivity index (χ1) is 8.79. The monoisotopic (exact) mass is 303 g/mol. The smallest absolute Gasteiger partial charge is 0.254 e. The van der Waals surface area contributed by atoms with E-state index in [0.29, 0.717) is 11.1 Å². The van der Waals surface area contributed by atoms with Gasteiger partial charge in [0, 0.05) is 19.7 Å². The zero-order valence-corrected chi connectivity index (χ0v) is 12.6. The number of nitrogens with one attached hydrogen (secondary N) is 1. The van der Waals surface area contributed by atoms with Gasteiger partial charge in [0.1, 0.15) is 16.3 Å². The van der Waals surface area contributed by atoms with E-state index in [4.69, 9.17) is 23.2 Å². The van der Waals surface area contributed by atoms with Gasteiger partial charge in [0.2, 0.25) is 5.91 Å². The highest BCUT2D eigenvalue weighted by molar-refractivity contribution is 6.33. The summed E-state index contributed by atoms with van der Waals surface area (Å²) in [6.07, 6.45) is 0. The van der Waals surface area contributed by atoms with Crippen molar-refractivity contribution in [3.05, 3.63) is 27.5 Å². The topological polar surface area (TPSA) is 62.3 Å². The lowest BCUT2D eigenvalue weighted by atomic mass is 10.1. The number of pyridine rings is 1. The van der Waals surface area contributed by atoms with E-state index in [1.807, 2.05) is 0 Å². The number of nitrogens with zero attached hydrogens (tertiary/aromatic N) is 2. The molecule has 1 heterocycles. The molecule has 0 spiro atoms. The van der Waals surface area contributed by atoms with Gasteiger partial charge in [-0.05, 0) is 25.5 Å². The summed E-state index contributed by atoms with van der Waals surface area (Å²) < 4.78 is 0. The lowest BCUT2D eigenvalue weighted by Crippen LogP contribution is -2.45. The highest BCUT2D eigenvalue weighted by atomic mass is 35.5. The van der Waals surface area contributed by atoms with Crippen molar-refractivity contribution in [2.75, 3.05) is 14.1 Å². The zero-order chi connectivity index (χ0) is 14.7. The minimum Gasteiger partial charge on any atom is -0.357 e. The van der Waals surface area contributed by atoms with E-state index in [-0.39, 0.29) is 22.1 Å². The Morgan fingerprint density at radius 1 is 1.42 bits per heavy atom. The average Bonchev–Trinajstić information content (AvgIpc) is 2.39. The molecule has 0 aliphatic rings. The van der Waals surface area contributed by atoms with Crippen LogP contribution in [0.1, 0.15) is 22.8 Å². The first-order valence-electron chi connectivity index (χ1n) is 5.61. The van der Waals surface area contributed by atoms with Gasteiger partial charge in [-0.1, -0.05) is 23.2 Å². The Labute approximate surface area is 121 Å². The Balaban J connectivity index is 3.10. The standard InChI is InChI=1S/C12H15Cl2N3O2/c1-6-8(5-9(13)16-10(6)14)12(19)17(4)7(2)11(18)15-3/h5,7H,1-4H3,(H,15,18)/t7-/m0/s1. The molecule has 0 aliphatic heterocycles. The van der Waals surface area contributed by atoms with E-state index in [9.17, 15) is 9.59 Å². The molecular weight excluding hydrogens is 289 g/mol. The highest BCUT2D eigenvalue weighted by Gasteiger charge is 2.24. The van der Waals surface area contributed by atoms with Crippen LogP contribution in [0.5, 0.6) is 0 Å². The number of hydrogen-bond acceptors (Lipinski definition) is 3. The van der Waals surface area contributed by atoms with Gasteiger partial charge in [-0.3, -0.25) is 9.59 Å². The van der Waals surface area contributed by atoms with Crippen LogP contribution in [0.3, 0.4) is 0 Å². The van der Waals surface area contributed by atoms with Crippen LogP contribution in [0.4, 0.5) is 0 Å². The molecule has 1 aromatic heterocycles. The van der Waals surface area contributed by atoms with Gasteiger partial charge in [0.25, 0.3) is 5.91 Å². The number of halogens is 2. The largest absolute Gasteiger partial charge is 0.357 e. The Morgan fingerprint density at radius 3 is 2.53 bits per heavy atom. The van der Waals surface area contributed by atoms with Crippen molar-refractivity contribution >= 4 is 35.0 Å². The Morgan fingerprint density at radius 2 is 2.00 bits per heavy atom. The minimum atomic E-state index is -0.595. The van der Waals surface area contributed by atoms with Gasteiger partial charge in [-0.25, -0.2) is 4.98 Å². The molecule has 0 bridgehead atoms. The molecule has 0 radical (unpaired) electrons. The van der Waals surface area contributed by atoms with Crippen molar-refractivity contribution in [2.45, 2.75) is 19.9 Å². The summed E-state index contributed by atoms with van der Waals surface area (Å²) in [6, 6.07) is 0.848. The summed E-state index contributed by atoms with van der Waals surface area (Å²) >= 11 is 11.7. The quantitative estimate of drug-likeness (QED) is 0.868. The van der Waals surface area contributed by atoms with Crippen molar-refractivity contribution in [3.63, 3.8) is 0 Å². The molecule has 7 heteroatoms. The second kappa shape index (κ2) is 6.21. The van der Waals surface area contributed by atoms with Crippen molar-refractivity contribution in [2.24, 2.45) is 0 Å². The molecule has 1 atom stereocenters. The number of carbonyl (C=O) groups is 2. The first kappa shape index (κ1) is 15.7. The van der Waals surface area contributed by atoms with Gasteiger partial charge < -0.3 is 10.2 Å². The van der Waals surface area contributed by atoms with E-state index in [2.05, 4.69) is 10.3 Å². The second-order valence-corrected chi connectivity index (χ2v) is 4.86. The summed E-state index contributed by atoms with van der Waals surface area (Å²) in [5, 5.41) is 2.81. The van der Waals surface area contributed by atoms with E-state index in [1.165, 1.54) is 18.0 Å². The summed E-state index contributed by atoms with van der Waals surface area (Å²) in [6.45, 7) is 3.31. The Hall–Kier alpha value is -1.33. The number of rotatable bonds is 3. The van der Waals surface area contributed by atoms with Gasteiger partial charge in [-0.15, -0.1) is 0 Å². The van der Waals surface area contributed by atoms with Crippen LogP contribution in [-0.2, 0) is 4.79 Å². The third kappa shape index (κ3) is 3.36. The average molecular weight is 304 g/mol. The molecule has 1 N–H and O–H groups in total. The van der Waals surface area contributed by atoms with Crippen LogP contribution in [-0.4, -0.2) is 41.8 Å². The van der Waals surface area contributed by atoms with Crippen LogP contribution in [0, 0.1) is 6.92 Å². The summed E-state index contributed by atoms with van der Waals surface area (Å²) in [7, 11) is 3.06. The molecule has 104 valence electrons. The Bertz CT molecular complexity index is 520. The molecule has 0 saturated heterocycles. The number of likely N-dealkylation sites (N-methyl/N-ethyl adjacent to an activating group) is 2. The third-order valence-electron chi connectivity index (χ3n) is 2.94. The molecule has 1 aromatic rings. The summed E-state index contributed by atoms with van der Waals surface area (Å²) in [5.74, 6) is -0.584. The predicted octanol–water partition coefficient (Wildman–Crippen LogP) is 1.90. The maximum Gasteiger partial charge on any atom is 0.254 e. The zero-order valence-electron chi connectivity index (χ0n) is 11.1. The highest BCUT2D eigenvalue weighted by Crippen LogP contribution is 2.22. The van der Waals surface area contributed by atoms with Crippen LogP contribution in [0.2, 0.25) is 10.3 Å². The molecule has 0 aliphatic carbocycles. The fourth-order valence-electron chi connectivity index (χ4n) is 1.52. The van der Waals surface area contributed by atoms with E-state index < -0.39 is 6.04 Å². The molecule has 0 unspecified atom stereocenters. The maximum atomic E-state index is 12.3. The number of aromatic nitrogens is 1. The van der Waals surface area contributed by atoms with E-state index in [0.717, 1.165) is 0 Å². The molecular formula is C12H15Cl2N3O2. The number of amides is 2. The molecule has 0 saturated carbocycles. The lowest BCUT2D eigenvalue weighted by molar-refractivity contribution is -0.124.